The Hall–Kier alpha value is -1.86. The standard InChI is InChI=1S/C21H31N3O4/c25-18-12-19(20(26)22-16-4-2-1-3-5-16)24(13-18)17-6-9-23(10-7-17)21(27)15-8-11-28-14-15/h8,11,14,16-19,25H,1-7,9-10,12-13H2,(H,22,26)/t18-,19+/m1/s1. The molecule has 2 atom stereocenters. The number of piperidine rings is 1. The van der Waals surface area contributed by atoms with Crippen LogP contribution in [-0.2, 0) is 4.79 Å². The van der Waals surface area contributed by atoms with Crippen molar-refractivity contribution in [1.29, 1.82) is 0 Å². The Bertz CT molecular complexity index is 663. The van der Waals surface area contributed by atoms with E-state index in [1.165, 1.54) is 31.8 Å². The molecule has 0 radical (unpaired) electrons. The average molecular weight is 389 g/mol. The quantitative estimate of drug-likeness (QED) is 0.820. The van der Waals surface area contributed by atoms with E-state index in [1.54, 1.807) is 6.07 Å². The number of aliphatic hydroxyl groups excluding tert-OH is 1. The summed E-state index contributed by atoms with van der Waals surface area (Å²) in [5.41, 5.74) is 0.583. The Kier molecular flexibility index (Phi) is 6.01. The largest absolute Gasteiger partial charge is 0.472 e. The zero-order valence-corrected chi connectivity index (χ0v) is 16.4. The molecule has 3 aliphatic rings. The number of hydrogen-bond acceptors (Lipinski definition) is 5. The van der Waals surface area contributed by atoms with E-state index in [-0.39, 0.29) is 29.9 Å². The first-order valence-electron chi connectivity index (χ1n) is 10.7. The van der Waals surface area contributed by atoms with Crippen molar-refractivity contribution in [3.63, 3.8) is 0 Å². The smallest absolute Gasteiger partial charge is 0.257 e. The number of nitrogens with zero attached hydrogens (tertiary/aromatic N) is 2. The third-order valence-electron chi connectivity index (χ3n) is 6.56. The molecule has 1 aliphatic carbocycles. The van der Waals surface area contributed by atoms with Gasteiger partial charge in [0.25, 0.3) is 5.91 Å². The molecule has 3 heterocycles. The fourth-order valence-electron chi connectivity index (χ4n) is 5.01. The second-order valence-corrected chi connectivity index (χ2v) is 8.48. The predicted molar refractivity (Wildman–Crippen MR) is 104 cm³/mol. The first-order valence-corrected chi connectivity index (χ1v) is 10.7. The molecule has 0 bridgehead atoms. The Morgan fingerprint density at radius 2 is 1.86 bits per heavy atom. The normalized spacial score (nSPS) is 27.8. The van der Waals surface area contributed by atoms with E-state index in [0.717, 1.165) is 25.7 Å². The van der Waals surface area contributed by atoms with Crippen molar-refractivity contribution < 1.29 is 19.1 Å². The first-order chi connectivity index (χ1) is 13.6. The number of hydrogen-bond donors (Lipinski definition) is 2. The van der Waals surface area contributed by atoms with Crippen molar-refractivity contribution >= 4 is 11.8 Å². The number of rotatable bonds is 4. The SMILES string of the molecule is O=C(NC1CCCCC1)[C@@H]1C[C@@H](O)CN1C1CCN(C(=O)c2ccoc2)CC1. The van der Waals surface area contributed by atoms with Crippen LogP contribution in [0.1, 0.15) is 61.7 Å². The molecular formula is C21H31N3O4. The number of carbonyl (C=O) groups is 2. The number of carbonyl (C=O) groups excluding carboxylic acids is 2. The molecule has 2 saturated heterocycles. The van der Waals surface area contributed by atoms with Crippen LogP contribution in [0.2, 0.25) is 0 Å². The van der Waals surface area contributed by atoms with Crippen molar-refractivity contribution in [3.8, 4) is 0 Å². The van der Waals surface area contributed by atoms with Gasteiger partial charge in [-0.05, 0) is 38.2 Å². The summed E-state index contributed by atoms with van der Waals surface area (Å²) in [6, 6.07) is 1.96. The summed E-state index contributed by atoms with van der Waals surface area (Å²) >= 11 is 0. The summed E-state index contributed by atoms with van der Waals surface area (Å²) < 4.78 is 5.02. The predicted octanol–water partition coefficient (Wildman–Crippen LogP) is 1.77. The number of likely N-dealkylation sites (tertiary alicyclic amines) is 2. The van der Waals surface area contributed by atoms with Crippen LogP contribution in [0.5, 0.6) is 0 Å². The number of β-amino-alcohol motifs (C(OH)–C–C–N with tert-alkyl or cyclic N) is 1. The van der Waals surface area contributed by atoms with E-state index in [1.807, 2.05) is 4.90 Å². The topological polar surface area (TPSA) is 86.0 Å². The van der Waals surface area contributed by atoms with Crippen LogP contribution in [0, 0.1) is 0 Å². The number of furan rings is 1. The van der Waals surface area contributed by atoms with Gasteiger partial charge in [0.1, 0.15) is 6.26 Å². The Balaban J connectivity index is 1.33. The minimum Gasteiger partial charge on any atom is -0.472 e. The number of aliphatic hydroxyl groups is 1. The summed E-state index contributed by atoms with van der Waals surface area (Å²) in [5.74, 6) is 0.0700. The van der Waals surface area contributed by atoms with Gasteiger partial charge in [-0.15, -0.1) is 0 Å². The third-order valence-corrected chi connectivity index (χ3v) is 6.56. The molecule has 4 rings (SSSR count). The lowest BCUT2D eigenvalue weighted by Gasteiger charge is -2.39. The van der Waals surface area contributed by atoms with Gasteiger partial charge in [-0.1, -0.05) is 19.3 Å². The molecular weight excluding hydrogens is 358 g/mol. The highest BCUT2D eigenvalue weighted by Crippen LogP contribution is 2.28. The van der Waals surface area contributed by atoms with Crippen molar-refractivity contribution in [2.75, 3.05) is 19.6 Å². The van der Waals surface area contributed by atoms with Gasteiger partial charge in [0.15, 0.2) is 0 Å². The molecule has 7 nitrogen and oxygen atoms in total. The Labute approximate surface area is 166 Å². The van der Waals surface area contributed by atoms with Gasteiger partial charge in [-0.25, -0.2) is 0 Å². The number of nitrogens with one attached hydrogen (secondary N) is 1. The maximum Gasteiger partial charge on any atom is 0.257 e. The van der Waals surface area contributed by atoms with Gasteiger partial charge >= 0.3 is 0 Å². The molecule has 3 fully saturated rings. The highest BCUT2D eigenvalue weighted by Gasteiger charge is 2.41. The highest BCUT2D eigenvalue weighted by molar-refractivity contribution is 5.93. The molecule has 1 aromatic rings. The molecule has 0 unspecified atom stereocenters. The lowest BCUT2D eigenvalue weighted by Crippen LogP contribution is -2.53. The minimum absolute atomic E-state index is 0.000230. The Morgan fingerprint density at radius 3 is 2.54 bits per heavy atom. The fourth-order valence-corrected chi connectivity index (χ4v) is 5.01. The average Bonchev–Trinajstić information content (AvgIpc) is 3.38. The fraction of sp³-hybridized carbons (Fsp3) is 0.714. The summed E-state index contributed by atoms with van der Waals surface area (Å²) in [6.45, 7) is 1.87. The van der Waals surface area contributed by atoms with E-state index in [9.17, 15) is 14.7 Å². The molecule has 2 N–H and O–H groups in total. The van der Waals surface area contributed by atoms with Crippen LogP contribution >= 0.6 is 0 Å². The second kappa shape index (κ2) is 8.66. The monoisotopic (exact) mass is 389 g/mol. The Morgan fingerprint density at radius 1 is 1.11 bits per heavy atom. The summed E-state index contributed by atoms with van der Waals surface area (Å²) in [7, 11) is 0. The molecule has 2 aliphatic heterocycles. The summed E-state index contributed by atoms with van der Waals surface area (Å²) in [4.78, 5) is 29.4. The van der Waals surface area contributed by atoms with Crippen LogP contribution in [-0.4, -0.2) is 70.6 Å². The van der Waals surface area contributed by atoms with Gasteiger partial charge in [0, 0.05) is 31.7 Å². The van der Waals surface area contributed by atoms with Crippen molar-refractivity contribution in [2.45, 2.75) is 75.6 Å². The maximum atomic E-state index is 12.9. The lowest BCUT2D eigenvalue weighted by molar-refractivity contribution is -0.127. The van der Waals surface area contributed by atoms with Crippen LogP contribution in [0.25, 0.3) is 0 Å². The van der Waals surface area contributed by atoms with E-state index >= 15 is 0 Å². The van der Waals surface area contributed by atoms with Gasteiger partial charge in [0.2, 0.25) is 5.91 Å². The molecule has 2 amide bonds. The van der Waals surface area contributed by atoms with E-state index in [4.69, 9.17) is 4.42 Å². The van der Waals surface area contributed by atoms with Gasteiger partial charge in [0.05, 0.1) is 24.0 Å². The number of amides is 2. The van der Waals surface area contributed by atoms with Crippen LogP contribution in [0.15, 0.2) is 23.0 Å². The molecule has 28 heavy (non-hydrogen) atoms. The molecule has 1 saturated carbocycles. The van der Waals surface area contributed by atoms with E-state index < -0.39 is 6.10 Å². The van der Waals surface area contributed by atoms with E-state index in [0.29, 0.717) is 31.6 Å². The van der Waals surface area contributed by atoms with Crippen molar-refractivity contribution in [3.05, 3.63) is 24.2 Å². The van der Waals surface area contributed by atoms with Crippen LogP contribution in [0.3, 0.4) is 0 Å². The molecule has 0 spiro atoms. The van der Waals surface area contributed by atoms with Crippen molar-refractivity contribution in [2.24, 2.45) is 0 Å². The van der Waals surface area contributed by atoms with Crippen LogP contribution < -0.4 is 5.32 Å². The minimum atomic E-state index is -0.451. The van der Waals surface area contributed by atoms with Gasteiger partial charge in [-0.3, -0.25) is 14.5 Å². The third kappa shape index (κ3) is 4.25. The molecule has 7 heteroatoms. The molecule has 0 aromatic carbocycles. The zero-order valence-electron chi connectivity index (χ0n) is 16.4. The van der Waals surface area contributed by atoms with Crippen molar-refractivity contribution in [1.82, 2.24) is 15.1 Å². The highest BCUT2D eigenvalue weighted by atomic mass is 16.3. The van der Waals surface area contributed by atoms with Gasteiger partial charge < -0.3 is 19.7 Å². The molecule has 154 valence electrons. The maximum absolute atomic E-state index is 12.9. The first kappa shape index (κ1) is 19.5. The van der Waals surface area contributed by atoms with E-state index in [2.05, 4.69) is 10.2 Å². The van der Waals surface area contributed by atoms with Crippen LogP contribution in [0.4, 0.5) is 0 Å². The molecule has 1 aromatic heterocycles. The van der Waals surface area contributed by atoms with Gasteiger partial charge in [-0.2, -0.15) is 0 Å². The summed E-state index contributed by atoms with van der Waals surface area (Å²) in [6.07, 6.45) is 10.5. The lowest BCUT2D eigenvalue weighted by atomic mass is 9.95. The summed E-state index contributed by atoms with van der Waals surface area (Å²) in [5, 5.41) is 13.5. The zero-order chi connectivity index (χ0) is 19.5. The second-order valence-electron chi connectivity index (χ2n) is 8.48.